The highest BCUT2D eigenvalue weighted by molar-refractivity contribution is 7.80. The standard InChI is InChI=1S/C16H17NOS/c1-11-4-3-5-13(8-11)10-18-15-9-14(16(17)19)7-6-12(15)2/h3-9H,10H2,1-2H3,(H2,17,19). The maximum Gasteiger partial charge on any atom is 0.123 e. The fourth-order valence-corrected chi connectivity index (χ4v) is 2.00. The van der Waals surface area contributed by atoms with Gasteiger partial charge in [0.15, 0.2) is 0 Å². The molecule has 0 saturated carbocycles. The molecule has 2 N–H and O–H groups in total. The van der Waals surface area contributed by atoms with Crippen molar-refractivity contribution in [3.8, 4) is 5.75 Å². The normalized spacial score (nSPS) is 10.2. The van der Waals surface area contributed by atoms with Crippen molar-refractivity contribution in [2.24, 2.45) is 5.73 Å². The summed E-state index contributed by atoms with van der Waals surface area (Å²) in [5.41, 5.74) is 9.93. The van der Waals surface area contributed by atoms with Crippen LogP contribution < -0.4 is 10.5 Å². The van der Waals surface area contributed by atoms with E-state index in [2.05, 4.69) is 25.1 Å². The number of rotatable bonds is 4. The van der Waals surface area contributed by atoms with Crippen LogP contribution in [-0.2, 0) is 6.61 Å². The Hall–Kier alpha value is -1.87. The molecule has 2 nitrogen and oxygen atoms in total. The first-order valence-corrected chi connectivity index (χ1v) is 6.56. The first-order chi connectivity index (χ1) is 9.06. The van der Waals surface area contributed by atoms with Crippen LogP contribution in [0, 0.1) is 13.8 Å². The molecule has 2 rings (SSSR count). The highest BCUT2D eigenvalue weighted by Gasteiger charge is 2.04. The third-order valence-electron chi connectivity index (χ3n) is 2.95. The monoisotopic (exact) mass is 271 g/mol. The van der Waals surface area contributed by atoms with Crippen LogP contribution in [0.1, 0.15) is 22.3 Å². The number of hydrogen-bond acceptors (Lipinski definition) is 2. The van der Waals surface area contributed by atoms with Crippen LogP contribution in [0.4, 0.5) is 0 Å². The Morgan fingerprint density at radius 1 is 1.16 bits per heavy atom. The lowest BCUT2D eigenvalue weighted by Crippen LogP contribution is -2.09. The predicted octanol–water partition coefficient (Wildman–Crippen LogP) is 3.52. The van der Waals surface area contributed by atoms with E-state index in [0.717, 1.165) is 22.4 Å². The third-order valence-corrected chi connectivity index (χ3v) is 3.19. The maximum absolute atomic E-state index is 5.85. The Balaban J connectivity index is 2.15. The summed E-state index contributed by atoms with van der Waals surface area (Å²) in [6, 6.07) is 14.1. The van der Waals surface area contributed by atoms with Crippen molar-refractivity contribution >= 4 is 17.2 Å². The van der Waals surface area contributed by atoms with Gasteiger partial charge in [-0.25, -0.2) is 0 Å². The zero-order chi connectivity index (χ0) is 13.8. The summed E-state index contributed by atoms with van der Waals surface area (Å²) in [5.74, 6) is 0.826. The zero-order valence-electron chi connectivity index (χ0n) is 11.1. The Labute approximate surface area is 119 Å². The lowest BCUT2D eigenvalue weighted by atomic mass is 10.1. The molecule has 0 unspecified atom stereocenters. The second-order valence-electron chi connectivity index (χ2n) is 4.62. The second kappa shape index (κ2) is 5.85. The molecular formula is C16H17NOS. The Morgan fingerprint density at radius 3 is 2.63 bits per heavy atom. The molecule has 0 fully saturated rings. The lowest BCUT2D eigenvalue weighted by molar-refractivity contribution is 0.304. The molecule has 2 aromatic rings. The molecule has 0 amide bonds. The highest BCUT2D eigenvalue weighted by Crippen LogP contribution is 2.21. The zero-order valence-corrected chi connectivity index (χ0v) is 12.0. The smallest absolute Gasteiger partial charge is 0.123 e. The minimum atomic E-state index is 0.389. The topological polar surface area (TPSA) is 35.2 Å². The van der Waals surface area contributed by atoms with Gasteiger partial charge in [-0.15, -0.1) is 0 Å². The van der Waals surface area contributed by atoms with Gasteiger partial charge in [0.1, 0.15) is 17.3 Å². The first kappa shape index (κ1) is 13.6. The number of ether oxygens (including phenoxy) is 1. The molecule has 0 bridgehead atoms. The van der Waals surface area contributed by atoms with E-state index in [1.807, 2.05) is 31.2 Å². The molecule has 0 atom stereocenters. The average molecular weight is 271 g/mol. The van der Waals surface area contributed by atoms with Gasteiger partial charge in [0.05, 0.1) is 0 Å². The minimum Gasteiger partial charge on any atom is -0.489 e. The van der Waals surface area contributed by atoms with Gasteiger partial charge in [-0.2, -0.15) is 0 Å². The largest absolute Gasteiger partial charge is 0.489 e. The maximum atomic E-state index is 5.85. The molecule has 0 aliphatic carbocycles. The van der Waals surface area contributed by atoms with E-state index in [0.29, 0.717) is 11.6 Å². The van der Waals surface area contributed by atoms with Crippen molar-refractivity contribution < 1.29 is 4.74 Å². The molecule has 19 heavy (non-hydrogen) atoms. The van der Waals surface area contributed by atoms with Crippen LogP contribution in [0.2, 0.25) is 0 Å². The minimum absolute atomic E-state index is 0.389. The lowest BCUT2D eigenvalue weighted by Gasteiger charge is -2.11. The van der Waals surface area contributed by atoms with E-state index in [4.69, 9.17) is 22.7 Å². The molecule has 0 aliphatic heterocycles. The summed E-state index contributed by atoms with van der Waals surface area (Å²) in [7, 11) is 0. The number of hydrogen-bond donors (Lipinski definition) is 1. The average Bonchev–Trinajstić information content (AvgIpc) is 2.37. The van der Waals surface area contributed by atoms with Crippen molar-refractivity contribution in [1.82, 2.24) is 0 Å². The Kier molecular flexibility index (Phi) is 4.17. The fourth-order valence-electron chi connectivity index (χ4n) is 1.87. The van der Waals surface area contributed by atoms with E-state index in [-0.39, 0.29) is 0 Å². The van der Waals surface area contributed by atoms with Crippen molar-refractivity contribution in [3.63, 3.8) is 0 Å². The van der Waals surface area contributed by atoms with Gasteiger partial charge < -0.3 is 10.5 Å². The fraction of sp³-hybridized carbons (Fsp3) is 0.188. The van der Waals surface area contributed by atoms with Gasteiger partial charge in [-0.3, -0.25) is 0 Å². The van der Waals surface area contributed by atoms with E-state index < -0.39 is 0 Å². The van der Waals surface area contributed by atoms with Crippen molar-refractivity contribution in [2.45, 2.75) is 20.5 Å². The van der Waals surface area contributed by atoms with Crippen molar-refractivity contribution in [2.75, 3.05) is 0 Å². The van der Waals surface area contributed by atoms with Crippen LogP contribution in [0.25, 0.3) is 0 Å². The molecule has 0 aliphatic rings. The molecule has 2 aromatic carbocycles. The van der Waals surface area contributed by atoms with Gasteiger partial charge in [0.25, 0.3) is 0 Å². The summed E-state index contributed by atoms with van der Waals surface area (Å²) in [4.78, 5) is 0.389. The first-order valence-electron chi connectivity index (χ1n) is 6.15. The predicted molar refractivity (Wildman–Crippen MR) is 82.6 cm³/mol. The molecule has 0 saturated heterocycles. The quantitative estimate of drug-likeness (QED) is 0.864. The van der Waals surface area contributed by atoms with E-state index in [1.165, 1.54) is 5.56 Å². The SMILES string of the molecule is Cc1cccc(COc2cc(C(N)=S)ccc2C)c1. The van der Waals surface area contributed by atoms with Gasteiger partial charge in [-0.1, -0.05) is 54.2 Å². The number of aryl methyl sites for hydroxylation is 2. The summed E-state index contributed by atoms with van der Waals surface area (Å²) in [6.07, 6.45) is 0. The van der Waals surface area contributed by atoms with E-state index in [9.17, 15) is 0 Å². The Bertz CT molecular complexity index is 607. The summed E-state index contributed by atoms with van der Waals surface area (Å²) >= 11 is 4.98. The molecule has 0 aromatic heterocycles. The van der Waals surface area contributed by atoms with Crippen LogP contribution in [0.5, 0.6) is 5.75 Å². The number of benzene rings is 2. The van der Waals surface area contributed by atoms with Crippen molar-refractivity contribution in [1.29, 1.82) is 0 Å². The summed E-state index contributed by atoms with van der Waals surface area (Å²) in [5, 5.41) is 0. The molecule has 0 radical (unpaired) electrons. The van der Waals surface area contributed by atoms with Crippen LogP contribution in [-0.4, -0.2) is 4.99 Å². The second-order valence-corrected chi connectivity index (χ2v) is 5.06. The van der Waals surface area contributed by atoms with Crippen LogP contribution in [0.3, 0.4) is 0 Å². The van der Waals surface area contributed by atoms with Crippen molar-refractivity contribution in [3.05, 3.63) is 64.7 Å². The molecule has 0 heterocycles. The number of nitrogens with two attached hydrogens (primary N) is 1. The van der Waals surface area contributed by atoms with Gasteiger partial charge in [0, 0.05) is 5.56 Å². The summed E-state index contributed by atoms with van der Waals surface area (Å²) < 4.78 is 5.85. The number of thiocarbonyl (C=S) groups is 1. The van der Waals surface area contributed by atoms with Gasteiger partial charge in [0.2, 0.25) is 0 Å². The molecule has 98 valence electrons. The third kappa shape index (κ3) is 3.55. The van der Waals surface area contributed by atoms with E-state index in [1.54, 1.807) is 0 Å². The van der Waals surface area contributed by atoms with Gasteiger partial charge >= 0.3 is 0 Å². The van der Waals surface area contributed by atoms with E-state index >= 15 is 0 Å². The van der Waals surface area contributed by atoms with Gasteiger partial charge in [-0.05, 0) is 31.0 Å². The molecular weight excluding hydrogens is 254 g/mol. The highest BCUT2D eigenvalue weighted by atomic mass is 32.1. The van der Waals surface area contributed by atoms with Crippen LogP contribution >= 0.6 is 12.2 Å². The Morgan fingerprint density at radius 2 is 1.95 bits per heavy atom. The molecule has 0 spiro atoms. The summed E-state index contributed by atoms with van der Waals surface area (Å²) in [6.45, 7) is 4.63. The van der Waals surface area contributed by atoms with Crippen LogP contribution in [0.15, 0.2) is 42.5 Å². The molecule has 3 heteroatoms.